The topological polar surface area (TPSA) is 0 Å². The number of rotatable bonds is 10. The van der Waals surface area contributed by atoms with Crippen LogP contribution in [0.1, 0.15) is 93.9 Å². The van der Waals surface area contributed by atoms with Crippen molar-refractivity contribution >= 4 is 0 Å². The van der Waals surface area contributed by atoms with Crippen molar-refractivity contribution < 1.29 is 0 Å². The highest BCUT2D eigenvalue weighted by molar-refractivity contribution is 4.76. The Labute approximate surface area is 123 Å². The molecular weight excluding hydrogens is 228 g/mol. The van der Waals surface area contributed by atoms with Crippen LogP contribution in [0.4, 0.5) is 0 Å². The normalized spacial score (nSPS) is 18.9. The Hall–Kier alpha value is 0. The van der Waals surface area contributed by atoms with Gasteiger partial charge in [-0.15, -0.1) is 0 Å². The second-order valence-electron chi connectivity index (χ2n) is 8.02. The zero-order valence-electron chi connectivity index (χ0n) is 15.1. The fraction of sp³-hybridized carbons (Fsp3) is 1.00. The van der Waals surface area contributed by atoms with E-state index in [1.165, 1.54) is 38.5 Å². The lowest BCUT2D eigenvalue weighted by atomic mass is 9.72. The van der Waals surface area contributed by atoms with Gasteiger partial charge >= 0.3 is 0 Å². The van der Waals surface area contributed by atoms with Gasteiger partial charge in [-0.2, -0.15) is 0 Å². The smallest absolute Gasteiger partial charge is 0.0352 e. The van der Waals surface area contributed by atoms with Crippen LogP contribution in [0.3, 0.4) is 0 Å². The van der Waals surface area contributed by atoms with Crippen LogP contribution in [0.25, 0.3) is 0 Å². The van der Waals surface area contributed by atoms with Crippen molar-refractivity contribution in [2.24, 2.45) is 29.1 Å². The Kier molecular flexibility index (Phi) is 9.03. The number of hydrogen-bond acceptors (Lipinski definition) is 0. The third-order valence-corrected chi connectivity index (χ3v) is 5.41. The molecule has 0 saturated heterocycles. The maximum absolute atomic E-state index is 2.48. The second-order valence-corrected chi connectivity index (χ2v) is 8.02. The molecule has 0 heterocycles. The molecule has 4 unspecified atom stereocenters. The van der Waals surface area contributed by atoms with Gasteiger partial charge in [0.1, 0.15) is 0 Å². The van der Waals surface area contributed by atoms with Gasteiger partial charge < -0.3 is 0 Å². The van der Waals surface area contributed by atoms with Gasteiger partial charge in [0.2, 0.25) is 0 Å². The molecule has 4 atom stereocenters. The molecular formula is C19H40. The first-order chi connectivity index (χ1) is 8.73. The van der Waals surface area contributed by atoms with Gasteiger partial charge in [-0.05, 0) is 41.9 Å². The van der Waals surface area contributed by atoms with Gasteiger partial charge in [0.05, 0.1) is 0 Å². The summed E-state index contributed by atoms with van der Waals surface area (Å²) in [5.41, 5.74) is 0.527. The van der Waals surface area contributed by atoms with Gasteiger partial charge in [-0.1, -0.05) is 81.1 Å². The Morgan fingerprint density at radius 1 is 0.842 bits per heavy atom. The molecule has 0 aliphatic heterocycles. The fourth-order valence-electron chi connectivity index (χ4n) is 3.41. The van der Waals surface area contributed by atoms with E-state index < -0.39 is 0 Å². The van der Waals surface area contributed by atoms with Gasteiger partial charge in [-0.25, -0.2) is 0 Å². The van der Waals surface area contributed by atoms with Gasteiger partial charge in [0, 0.05) is 0 Å². The van der Waals surface area contributed by atoms with Gasteiger partial charge in [0.15, 0.2) is 0 Å². The summed E-state index contributed by atoms with van der Waals surface area (Å²) in [6.45, 7) is 19.3. The quantitative estimate of drug-likeness (QED) is 0.402. The predicted octanol–water partition coefficient (Wildman–Crippen LogP) is 6.94. The Bertz CT molecular complexity index is 216. The van der Waals surface area contributed by atoms with Crippen LogP contribution < -0.4 is 0 Å². The van der Waals surface area contributed by atoms with E-state index in [-0.39, 0.29) is 0 Å². The highest BCUT2D eigenvalue weighted by Gasteiger charge is 2.26. The zero-order valence-corrected chi connectivity index (χ0v) is 15.1. The summed E-state index contributed by atoms with van der Waals surface area (Å²) in [4.78, 5) is 0. The minimum absolute atomic E-state index is 0.527. The minimum atomic E-state index is 0.527. The summed E-state index contributed by atoms with van der Waals surface area (Å²) < 4.78 is 0. The molecule has 0 aliphatic rings. The molecule has 0 bridgehead atoms. The molecule has 0 radical (unpaired) electrons. The first-order valence-corrected chi connectivity index (χ1v) is 8.73. The van der Waals surface area contributed by atoms with E-state index in [9.17, 15) is 0 Å². The van der Waals surface area contributed by atoms with Crippen molar-refractivity contribution in [3.63, 3.8) is 0 Å². The van der Waals surface area contributed by atoms with Crippen LogP contribution in [-0.2, 0) is 0 Å². The lowest BCUT2D eigenvalue weighted by molar-refractivity contribution is 0.172. The minimum Gasteiger partial charge on any atom is -0.0654 e. The van der Waals surface area contributed by atoms with E-state index in [0.717, 1.165) is 23.7 Å². The van der Waals surface area contributed by atoms with Crippen molar-refractivity contribution in [2.75, 3.05) is 0 Å². The zero-order chi connectivity index (χ0) is 15.1. The highest BCUT2D eigenvalue weighted by atomic mass is 14.3. The molecule has 0 amide bonds. The van der Waals surface area contributed by atoms with E-state index in [0.29, 0.717) is 5.41 Å². The van der Waals surface area contributed by atoms with Crippen molar-refractivity contribution in [1.82, 2.24) is 0 Å². The molecule has 0 N–H and O–H groups in total. The third kappa shape index (κ3) is 8.00. The largest absolute Gasteiger partial charge is 0.0654 e. The molecule has 0 aromatic carbocycles. The molecule has 0 heteroatoms. The van der Waals surface area contributed by atoms with Crippen LogP contribution >= 0.6 is 0 Å². The molecule has 116 valence electrons. The maximum Gasteiger partial charge on any atom is -0.0352 e. The van der Waals surface area contributed by atoms with E-state index in [4.69, 9.17) is 0 Å². The third-order valence-electron chi connectivity index (χ3n) is 5.41. The summed E-state index contributed by atoms with van der Waals surface area (Å²) >= 11 is 0. The van der Waals surface area contributed by atoms with Crippen LogP contribution in [-0.4, -0.2) is 0 Å². The Morgan fingerprint density at radius 2 is 1.42 bits per heavy atom. The maximum atomic E-state index is 2.48. The van der Waals surface area contributed by atoms with Gasteiger partial charge in [0.25, 0.3) is 0 Å². The highest BCUT2D eigenvalue weighted by Crippen LogP contribution is 2.36. The lowest BCUT2D eigenvalue weighted by Gasteiger charge is -2.33. The van der Waals surface area contributed by atoms with Crippen LogP contribution in [0, 0.1) is 29.1 Å². The summed E-state index contributed by atoms with van der Waals surface area (Å²) in [6, 6.07) is 0. The van der Waals surface area contributed by atoms with Crippen molar-refractivity contribution in [1.29, 1.82) is 0 Å². The molecule has 0 rings (SSSR count). The van der Waals surface area contributed by atoms with E-state index in [1.807, 2.05) is 0 Å². The molecule has 0 aromatic heterocycles. The second kappa shape index (κ2) is 9.03. The monoisotopic (exact) mass is 268 g/mol. The first kappa shape index (κ1) is 19.0. The summed E-state index contributed by atoms with van der Waals surface area (Å²) in [7, 11) is 0. The van der Waals surface area contributed by atoms with E-state index in [1.54, 1.807) is 0 Å². The fourth-order valence-corrected chi connectivity index (χ4v) is 3.41. The molecule has 0 aromatic rings. The SMILES string of the molecule is CCCC(C)(C)CC(C)C(C)C(C)CCC(C)CC. The molecule has 0 saturated carbocycles. The van der Waals surface area contributed by atoms with Crippen LogP contribution in [0.5, 0.6) is 0 Å². The molecule has 0 aliphatic carbocycles. The predicted molar refractivity (Wildman–Crippen MR) is 89.5 cm³/mol. The van der Waals surface area contributed by atoms with Crippen molar-refractivity contribution in [3.8, 4) is 0 Å². The van der Waals surface area contributed by atoms with Crippen LogP contribution in [0.2, 0.25) is 0 Å². The average molecular weight is 269 g/mol. The standard InChI is InChI=1S/C19H40/c1-9-13-19(7,8)14-17(5)18(6)16(4)12-11-15(3)10-2/h15-18H,9-14H2,1-8H3. The summed E-state index contributed by atoms with van der Waals surface area (Å²) in [6.07, 6.45) is 8.22. The van der Waals surface area contributed by atoms with Crippen molar-refractivity contribution in [3.05, 3.63) is 0 Å². The Balaban J connectivity index is 4.20. The molecule has 0 spiro atoms. The molecule has 0 fully saturated rings. The number of hydrogen-bond donors (Lipinski definition) is 0. The lowest BCUT2D eigenvalue weighted by Crippen LogP contribution is -2.23. The van der Waals surface area contributed by atoms with E-state index in [2.05, 4.69) is 55.4 Å². The molecule has 0 nitrogen and oxygen atoms in total. The first-order valence-electron chi connectivity index (χ1n) is 8.73. The molecule has 19 heavy (non-hydrogen) atoms. The average Bonchev–Trinajstić information content (AvgIpc) is 2.33. The summed E-state index contributed by atoms with van der Waals surface area (Å²) in [5, 5.41) is 0. The van der Waals surface area contributed by atoms with Gasteiger partial charge in [-0.3, -0.25) is 0 Å². The summed E-state index contributed by atoms with van der Waals surface area (Å²) in [5.74, 6) is 3.50. The van der Waals surface area contributed by atoms with E-state index >= 15 is 0 Å². The van der Waals surface area contributed by atoms with Crippen molar-refractivity contribution in [2.45, 2.75) is 93.9 Å². The Morgan fingerprint density at radius 3 is 1.89 bits per heavy atom. The van der Waals surface area contributed by atoms with Crippen LogP contribution in [0.15, 0.2) is 0 Å².